The Kier molecular flexibility index (Phi) is 4.70. The predicted octanol–water partition coefficient (Wildman–Crippen LogP) is 2.62. The Balaban J connectivity index is 2.65. The van der Waals surface area contributed by atoms with E-state index >= 15 is 0 Å². The lowest BCUT2D eigenvalue weighted by Crippen LogP contribution is -2.27. The van der Waals surface area contributed by atoms with E-state index in [1.54, 1.807) is 19.1 Å². The lowest BCUT2D eigenvalue weighted by Gasteiger charge is -2.15. The summed E-state index contributed by atoms with van der Waals surface area (Å²) in [6.07, 6.45) is -0.378. The maximum atomic E-state index is 13.0. The van der Waals surface area contributed by atoms with Crippen LogP contribution in [0.5, 0.6) is 0 Å². The quantitative estimate of drug-likeness (QED) is 0.886. The van der Waals surface area contributed by atoms with Crippen LogP contribution in [0.4, 0.5) is 4.39 Å². The predicted molar refractivity (Wildman–Crippen MR) is 62.2 cm³/mol. The zero-order valence-corrected chi connectivity index (χ0v) is 10.4. The molecule has 1 rings (SSSR count). The Morgan fingerprint density at radius 3 is 2.67 bits per heavy atom. The largest absolute Gasteiger partial charge is 0.392 e. The van der Waals surface area contributed by atoms with Gasteiger partial charge in [-0.3, -0.25) is 0 Å². The molecule has 0 radical (unpaired) electrons. The number of rotatable bonds is 4. The van der Waals surface area contributed by atoms with E-state index < -0.39 is 0 Å². The van der Waals surface area contributed by atoms with Gasteiger partial charge < -0.3 is 10.4 Å². The van der Waals surface area contributed by atoms with E-state index in [4.69, 9.17) is 5.11 Å². The highest BCUT2D eigenvalue weighted by atomic mass is 79.9. The molecular formula is C11H15BrFNO. The zero-order chi connectivity index (χ0) is 11.4. The molecule has 15 heavy (non-hydrogen) atoms. The normalized spacial score (nSPS) is 15.0. The van der Waals surface area contributed by atoms with Crippen LogP contribution in [0, 0.1) is 5.82 Å². The molecule has 0 aliphatic rings. The first kappa shape index (κ1) is 12.6. The standard InChI is InChI=1S/C11H15BrFNO/c1-7(15)6-14-8(2)9-3-4-11(13)10(12)5-9/h3-5,7-8,14-15H,6H2,1-2H3/t7-,8?/m0/s1. The average Bonchev–Trinajstić information content (AvgIpc) is 2.18. The molecule has 2 N–H and O–H groups in total. The minimum absolute atomic E-state index is 0.0940. The number of hydrogen-bond donors (Lipinski definition) is 2. The molecule has 1 aromatic carbocycles. The first-order chi connectivity index (χ1) is 7.00. The molecular weight excluding hydrogens is 261 g/mol. The molecule has 0 spiro atoms. The third-order valence-electron chi connectivity index (χ3n) is 2.16. The van der Waals surface area contributed by atoms with Gasteiger partial charge in [0.15, 0.2) is 0 Å². The van der Waals surface area contributed by atoms with E-state index in [-0.39, 0.29) is 18.0 Å². The summed E-state index contributed by atoms with van der Waals surface area (Å²) in [6, 6.07) is 5.01. The maximum Gasteiger partial charge on any atom is 0.137 e. The van der Waals surface area contributed by atoms with E-state index in [1.807, 2.05) is 6.92 Å². The molecule has 0 bridgehead atoms. The summed E-state index contributed by atoms with van der Waals surface area (Å²) in [5.74, 6) is -0.263. The first-order valence-corrected chi connectivity index (χ1v) is 5.66. The van der Waals surface area contributed by atoms with Gasteiger partial charge >= 0.3 is 0 Å². The van der Waals surface area contributed by atoms with Gasteiger partial charge in [0.1, 0.15) is 5.82 Å². The fourth-order valence-electron chi connectivity index (χ4n) is 1.25. The number of hydrogen-bond acceptors (Lipinski definition) is 2. The molecule has 84 valence electrons. The molecule has 0 amide bonds. The van der Waals surface area contributed by atoms with Gasteiger partial charge in [-0.15, -0.1) is 0 Å². The highest BCUT2D eigenvalue weighted by Crippen LogP contribution is 2.21. The van der Waals surface area contributed by atoms with E-state index in [0.717, 1.165) is 5.56 Å². The Bertz CT molecular complexity index is 330. The number of aliphatic hydroxyl groups excluding tert-OH is 1. The van der Waals surface area contributed by atoms with Crippen molar-refractivity contribution in [3.05, 3.63) is 34.1 Å². The molecule has 1 aromatic rings. The number of nitrogens with one attached hydrogen (secondary N) is 1. The number of benzene rings is 1. The topological polar surface area (TPSA) is 32.3 Å². The van der Waals surface area contributed by atoms with Gasteiger partial charge in [0.2, 0.25) is 0 Å². The SMILES string of the molecule is CC(NC[C@H](C)O)c1ccc(F)c(Br)c1. The molecule has 0 saturated heterocycles. The molecule has 0 saturated carbocycles. The fourth-order valence-corrected chi connectivity index (χ4v) is 1.64. The summed E-state index contributed by atoms with van der Waals surface area (Å²) in [6.45, 7) is 4.22. The van der Waals surface area contributed by atoms with Gasteiger partial charge in [-0.2, -0.15) is 0 Å². The Morgan fingerprint density at radius 1 is 1.47 bits per heavy atom. The molecule has 4 heteroatoms. The third-order valence-corrected chi connectivity index (χ3v) is 2.77. The van der Waals surface area contributed by atoms with E-state index in [1.165, 1.54) is 6.07 Å². The Labute approximate surface area is 97.6 Å². The van der Waals surface area contributed by atoms with E-state index in [9.17, 15) is 4.39 Å². The van der Waals surface area contributed by atoms with Crippen LogP contribution < -0.4 is 5.32 Å². The summed E-state index contributed by atoms with van der Waals surface area (Å²) in [5, 5.41) is 12.3. The summed E-state index contributed by atoms with van der Waals surface area (Å²) in [4.78, 5) is 0. The van der Waals surface area contributed by atoms with Crippen molar-refractivity contribution in [2.24, 2.45) is 0 Å². The van der Waals surface area contributed by atoms with Crippen molar-refractivity contribution in [3.8, 4) is 0 Å². The van der Waals surface area contributed by atoms with Crippen molar-refractivity contribution in [3.63, 3.8) is 0 Å². The Morgan fingerprint density at radius 2 is 2.13 bits per heavy atom. The molecule has 1 unspecified atom stereocenters. The highest BCUT2D eigenvalue weighted by Gasteiger charge is 2.08. The summed E-state index contributed by atoms with van der Waals surface area (Å²) in [7, 11) is 0. The minimum atomic E-state index is -0.378. The van der Waals surface area contributed by atoms with Crippen LogP contribution in [-0.4, -0.2) is 17.8 Å². The van der Waals surface area contributed by atoms with Crippen LogP contribution in [0.2, 0.25) is 0 Å². The van der Waals surface area contributed by atoms with Crippen LogP contribution in [0.15, 0.2) is 22.7 Å². The average molecular weight is 276 g/mol. The molecule has 0 aliphatic heterocycles. The smallest absolute Gasteiger partial charge is 0.137 e. The second-order valence-corrected chi connectivity index (χ2v) is 4.51. The number of halogens is 2. The molecule has 0 heterocycles. The van der Waals surface area contributed by atoms with Gasteiger partial charge in [0.25, 0.3) is 0 Å². The zero-order valence-electron chi connectivity index (χ0n) is 8.80. The van der Waals surface area contributed by atoms with Crippen molar-refractivity contribution in [2.45, 2.75) is 26.0 Å². The van der Waals surface area contributed by atoms with Gasteiger partial charge in [-0.25, -0.2) is 4.39 Å². The molecule has 2 nitrogen and oxygen atoms in total. The fraction of sp³-hybridized carbons (Fsp3) is 0.455. The maximum absolute atomic E-state index is 13.0. The van der Waals surface area contributed by atoms with Gasteiger partial charge in [-0.1, -0.05) is 6.07 Å². The van der Waals surface area contributed by atoms with E-state index in [2.05, 4.69) is 21.2 Å². The summed E-state index contributed by atoms with van der Waals surface area (Å²) in [5.41, 5.74) is 0.990. The van der Waals surface area contributed by atoms with Crippen LogP contribution in [0.25, 0.3) is 0 Å². The van der Waals surface area contributed by atoms with Crippen LogP contribution in [-0.2, 0) is 0 Å². The van der Waals surface area contributed by atoms with Crippen LogP contribution in [0.1, 0.15) is 25.5 Å². The summed E-state index contributed by atoms with van der Waals surface area (Å²) < 4.78 is 13.4. The molecule has 0 aromatic heterocycles. The van der Waals surface area contributed by atoms with Gasteiger partial charge in [0, 0.05) is 12.6 Å². The molecule has 0 aliphatic carbocycles. The Hall–Kier alpha value is -0.450. The van der Waals surface area contributed by atoms with Crippen molar-refractivity contribution < 1.29 is 9.50 Å². The molecule has 2 atom stereocenters. The second kappa shape index (κ2) is 5.58. The van der Waals surface area contributed by atoms with Gasteiger partial charge in [-0.05, 0) is 47.5 Å². The van der Waals surface area contributed by atoms with Crippen molar-refractivity contribution >= 4 is 15.9 Å². The third kappa shape index (κ3) is 3.89. The highest BCUT2D eigenvalue weighted by molar-refractivity contribution is 9.10. The lowest BCUT2D eigenvalue weighted by molar-refractivity contribution is 0.187. The first-order valence-electron chi connectivity index (χ1n) is 4.87. The second-order valence-electron chi connectivity index (χ2n) is 3.65. The van der Waals surface area contributed by atoms with Crippen molar-refractivity contribution in [1.82, 2.24) is 5.32 Å². The van der Waals surface area contributed by atoms with E-state index in [0.29, 0.717) is 11.0 Å². The van der Waals surface area contributed by atoms with Gasteiger partial charge in [0.05, 0.1) is 10.6 Å². The minimum Gasteiger partial charge on any atom is -0.392 e. The van der Waals surface area contributed by atoms with Crippen LogP contribution in [0.3, 0.4) is 0 Å². The van der Waals surface area contributed by atoms with Crippen molar-refractivity contribution in [2.75, 3.05) is 6.54 Å². The lowest BCUT2D eigenvalue weighted by atomic mass is 10.1. The monoisotopic (exact) mass is 275 g/mol. The van der Waals surface area contributed by atoms with Crippen molar-refractivity contribution in [1.29, 1.82) is 0 Å². The van der Waals surface area contributed by atoms with Crippen LogP contribution >= 0.6 is 15.9 Å². The summed E-state index contributed by atoms with van der Waals surface area (Å²) >= 11 is 3.14. The molecule has 0 fully saturated rings. The number of aliphatic hydroxyl groups is 1.